The Morgan fingerprint density at radius 3 is 2.27 bits per heavy atom. The first-order valence-corrected chi connectivity index (χ1v) is 5.20. The lowest BCUT2D eigenvalue weighted by Crippen LogP contribution is -2.19. The van der Waals surface area contributed by atoms with E-state index < -0.39 is 12.1 Å². The van der Waals surface area contributed by atoms with Gasteiger partial charge in [-0.25, -0.2) is 4.79 Å². The van der Waals surface area contributed by atoms with Crippen molar-refractivity contribution in [2.24, 2.45) is 5.92 Å². The molecule has 1 aromatic rings. The lowest BCUT2D eigenvalue weighted by Gasteiger charge is -2.30. The average molecular weight is 206 g/mol. The second kappa shape index (κ2) is 4.03. The number of benzene rings is 1. The highest BCUT2D eigenvalue weighted by molar-refractivity contribution is 5.87. The number of aliphatic hydroxyl groups excluding tert-OH is 1. The van der Waals surface area contributed by atoms with Gasteiger partial charge in [-0.3, -0.25) is 0 Å². The van der Waals surface area contributed by atoms with Gasteiger partial charge < -0.3 is 10.2 Å². The van der Waals surface area contributed by atoms with E-state index in [0.29, 0.717) is 5.92 Å². The maximum atomic E-state index is 10.6. The minimum Gasteiger partial charge on any atom is -0.478 e. The van der Waals surface area contributed by atoms with Crippen molar-refractivity contribution >= 4 is 5.97 Å². The minimum atomic E-state index is -0.931. The first kappa shape index (κ1) is 10.2. The number of rotatable bonds is 3. The van der Waals surface area contributed by atoms with E-state index in [0.717, 1.165) is 18.4 Å². The van der Waals surface area contributed by atoms with Gasteiger partial charge in [-0.1, -0.05) is 18.6 Å². The molecule has 0 aromatic heterocycles. The van der Waals surface area contributed by atoms with Gasteiger partial charge in [0.05, 0.1) is 11.7 Å². The normalized spacial score (nSPS) is 18.2. The molecule has 0 heterocycles. The highest BCUT2D eigenvalue weighted by Gasteiger charge is 2.26. The Morgan fingerprint density at radius 1 is 1.27 bits per heavy atom. The van der Waals surface area contributed by atoms with Crippen molar-refractivity contribution in [3.05, 3.63) is 35.4 Å². The van der Waals surface area contributed by atoms with Crippen molar-refractivity contribution in [3.8, 4) is 0 Å². The van der Waals surface area contributed by atoms with Crippen molar-refractivity contribution in [3.63, 3.8) is 0 Å². The molecule has 1 atom stereocenters. The first-order chi connectivity index (χ1) is 7.18. The molecule has 1 aromatic carbocycles. The van der Waals surface area contributed by atoms with Crippen LogP contribution < -0.4 is 0 Å². The third-order valence-corrected chi connectivity index (χ3v) is 3.10. The van der Waals surface area contributed by atoms with Gasteiger partial charge in [0.1, 0.15) is 0 Å². The van der Waals surface area contributed by atoms with Crippen LogP contribution in [0.25, 0.3) is 0 Å². The standard InChI is InChI=1S/C12H14O3/c13-11(8-2-1-3-8)9-4-6-10(7-5-9)12(14)15/h4-8,11,13H,1-3H2,(H,14,15). The molecule has 0 aliphatic heterocycles. The van der Waals surface area contributed by atoms with Crippen LogP contribution >= 0.6 is 0 Å². The minimum absolute atomic E-state index is 0.263. The topological polar surface area (TPSA) is 57.5 Å². The summed E-state index contributed by atoms with van der Waals surface area (Å²) < 4.78 is 0. The summed E-state index contributed by atoms with van der Waals surface area (Å²) in [5.74, 6) is -0.569. The zero-order valence-corrected chi connectivity index (χ0v) is 8.39. The molecule has 0 radical (unpaired) electrons. The summed E-state index contributed by atoms with van der Waals surface area (Å²) in [6.07, 6.45) is 2.90. The third kappa shape index (κ3) is 2.02. The summed E-state index contributed by atoms with van der Waals surface area (Å²) >= 11 is 0. The Hall–Kier alpha value is -1.35. The van der Waals surface area contributed by atoms with Crippen LogP contribution in [-0.2, 0) is 0 Å². The lowest BCUT2D eigenvalue weighted by molar-refractivity contribution is 0.0618. The average Bonchev–Trinajstić information content (AvgIpc) is 2.15. The number of hydrogen-bond donors (Lipinski definition) is 2. The van der Waals surface area contributed by atoms with Gasteiger partial charge >= 0.3 is 5.97 Å². The molecule has 1 fully saturated rings. The van der Waals surface area contributed by atoms with Gasteiger partial charge in [0.2, 0.25) is 0 Å². The smallest absolute Gasteiger partial charge is 0.335 e. The molecule has 80 valence electrons. The fourth-order valence-electron chi connectivity index (χ4n) is 1.85. The summed E-state index contributed by atoms with van der Waals surface area (Å²) in [6, 6.07) is 6.48. The van der Waals surface area contributed by atoms with E-state index >= 15 is 0 Å². The molecule has 1 saturated carbocycles. The number of hydrogen-bond acceptors (Lipinski definition) is 2. The molecule has 0 spiro atoms. The van der Waals surface area contributed by atoms with Crippen LogP contribution in [0, 0.1) is 5.92 Å². The molecule has 3 nitrogen and oxygen atoms in total. The number of aliphatic hydroxyl groups is 1. The van der Waals surface area contributed by atoms with Crippen LogP contribution in [0.5, 0.6) is 0 Å². The van der Waals surface area contributed by atoms with Gasteiger partial charge in [0, 0.05) is 0 Å². The molecule has 3 heteroatoms. The van der Waals surface area contributed by atoms with E-state index in [9.17, 15) is 9.90 Å². The van der Waals surface area contributed by atoms with Gasteiger partial charge in [0.25, 0.3) is 0 Å². The van der Waals surface area contributed by atoms with E-state index in [-0.39, 0.29) is 5.56 Å². The highest BCUT2D eigenvalue weighted by atomic mass is 16.4. The first-order valence-electron chi connectivity index (χ1n) is 5.20. The summed E-state index contributed by atoms with van der Waals surface area (Å²) in [6.45, 7) is 0. The summed E-state index contributed by atoms with van der Waals surface area (Å²) in [5, 5.41) is 18.6. The second-order valence-corrected chi connectivity index (χ2v) is 4.06. The molecule has 2 rings (SSSR count). The van der Waals surface area contributed by atoms with Crippen LogP contribution in [-0.4, -0.2) is 16.2 Å². The van der Waals surface area contributed by atoms with E-state index in [2.05, 4.69) is 0 Å². The fourth-order valence-corrected chi connectivity index (χ4v) is 1.85. The van der Waals surface area contributed by atoms with Crippen molar-refractivity contribution in [1.29, 1.82) is 0 Å². The van der Waals surface area contributed by atoms with Crippen LogP contribution in [0.4, 0.5) is 0 Å². The molecule has 15 heavy (non-hydrogen) atoms. The summed E-state index contributed by atoms with van der Waals surface area (Å²) in [4.78, 5) is 10.6. The molecule has 2 N–H and O–H groups in total. The zero-order valence-electron chi connectivity index (χ0n) is 8.39. The maximum absolute atomic E-state index is 10.6. The van der Waals surface area contributed by atoms with Crippen LogP contribution in [0.15, 0.2) is 24.3 Å². The van der Waals surface area contributed by atoms with Crippen LogP contribution in [0.1, 0.15) is 41.3 Å². The Labute approximate surface area is 88.4 Å². The Balaban J connectivity index is 2.11. The zero-order chi connectivity index (χ0) is 10.8. The molecule has 1 aliphatic rings. The number of aromatic carboxylic acids is 1. The molecule has 0 bridgehead atoms. The maximum Gasteiger partial charge on any atom is 0.335 e. The van der Waals surface area contributed by atoms with Gasteiger partial charge in [0.15, 0.2) is 0 Å². The predicted molar refractivity (Wildman–Crippen MR) is 55.7 cm³/mol. The fraction of sp³-hybridized carbons (Fsp3) is 0.417. The van der Waals surface area contributed by atoms with Crippen molar-refractivity contribution < 1.29 is 15.0 Å². The quantitative estimate of drug-likeness (QED) is 0.797. The second-order valence-electron chi connectivity index (χ2n) is 4.06. The summed E-state index contributed by atoms with van der Waals surface area (Å²) in [5.41, 5.74) is 1.09. The van der Waals surface area contributed by atoms with Gasteiger partial charge in [-0.05, 0) is 36.5 Å². The molecule has 1 unspecified atom stereocenters. The SMILES string of the molecule is O=C(O)c1ccc(C(O)C2CCC2)cc1. The van der Waals surface area contributed by atoms with E-state index in [4.69, 9.17) is 5.11 Å². The number of carboxylic acids is 1. The van der Waals surface area contributed by atoms with Crippen molar-refractivity contribution in [1.82, 2.24) is 0 Å². The van der Waals surface area contributed by atoms with E-state index in [1.54, 1.807) is 24.3 Å². The molecule has 1 aliphatic carbocycles. The number of carboxylic acid groups (broad SMARTS) is 1. The van der Waals surface area contributed by atoms with Crippen LogP contribution in [0.2, 0.25) is 0 Å². The Kier molecular flexibility index (Phi) is 2.73. The largest absolute Gasteiger partial charge is 0.478 e. The molecule has 0 amide bonds. The van der Waals surface area contributed by atoms with Gasteiger partial charge in [-0.15, -0.1) is 0 Å². The molecular weight excluding hydrogens is 192 g/mol. The Morgan fingerprint density at radius 2 is 1.87 bits per heavy atom. The van der Waals surface area contributed by atoms with E-state index in [1.165, 1.54) is 6.42 Å². The molecule has 0 saturated heterocycles. The predicted octanol–water partition coefficient (Wildman–Crippen LogP) is 2.22. The lowest BCUT2D eigenvalue weighted by atomic mass is 9.79. The highest BCUT2D eigenvalue weighted by Crippen LogP contribution is 2.37. The van der Waals surface area contributed by atoms with Crippen molar-refractivity contribution in [2.75, 3.05) is 0 Å². The van der Waals surface area contributed by atoms with Crippen LogP contribution in [0.3, 0.4) is 0 Å². The summed E-state index contributed by atoms with van der Waals surface area (Å²) in [7, 11) is 0. The third-order valence-electron chi connectivity index (χ3n) is 3.10. The van der Waals surface area contributed by atoms with Gasteiger partial charge in [-0.2, -0.15) is 0 Å². The number of carbonyl (C=O) groups is 1. The monoisotopic (exact) mass is 206 g/mol. The van der Waals surface area contributed by atoms with E-state index in [1.807, 2.05) is 0 Å². The molecular formula is C12H14O3. The Bertz CT molecular complexity index is 352. The van der Waals surface area contributed by atoms with Crippen molar-refractivity contribution in [2.45, 2.75) is 25.4 Å².